The molecule has 0 fully saturated rings. The van der Waals surface area contributed by atoms with Crippen LogP contribution in [0.2, 0.25) is 0 Å². The molecular weight excluding hydrogens is 150 g/mol. The second-order valence-electron chi connectivity index (χ2n) is 2.53. The highest BCUT2D eigenvalue weighted by molar-refractivity contribution is 5.73. The molecule has 0 spiro atoms. The van der Waals surface area contributed by atoms with Gasteiger partial charge in [0.25, 0.3) is 0 Å². The van der Waals surface area contributed by atoms with E-state index in [4.69, 9.17) is 0 Å². The van der Waals surface area contributed by atoms with Crippen LogP contribution in [-0.4, -0.2) is 12.5 Å². The maximum atomic E-state index is 10.6. The van der Waals surface area contributed by atoms with Crippen LogP contribution in [0.4, 0.5) is 0 Å². The third-order valence-corrected chi connectivity index (χ3v) is 1.59. The molecule has 2 nitrogen and oxygen atoms in total. The maximum Gasteiger partial charge on any atom is 0.217 e. The number of rotatable bonds is 4. The maximum absolute atomic E-state index is 10.6. The van der Waals surface area contributed by atoms with Crippen LogP contribution in [-0.2, 0) is 4.79 Å². The fourth-order valence-corrected chi connectivity index (χ4v) is 0.723. The summed E-state index contributed by atoms with van der Waals surface area (Å²) < 4.78 is 0. The number of hydrogen-bond donors (Lipinski definition) is 1. The summed E-state index contributed by atoms with van der Waals surface area (Å²) in [4.78, 5) is 10.6. The van der Waals surface area contributed by atoms with Crippen molar-refractivity contribution in [2.75, 3.05) is 6.54 Å². The second kappa shape index (κ2) is 5.35. The molecule has 66 valence electrons. The number of carbonyl (C=O) groups excluding carboxylic acids is 1. The Balaban J connectivity index is 4.27. The van der Waals surface area contributed by atoms with Gasteiger partial charge < -0.3 is 5.32 Å². The van der Waals surface area contributed by atoms with Crippen LogP contribution < -0.4 is 5.32 Å². The van der Waals surface area contributed by atoms with Crippen LogP contribution in [0.25, 0.3) is 0 Å². The minimum absolute atomic E-state index is 0.0359. The Labute approximate surface area is 73.7 Å². The molecule has 0 aromatic carbocycles. The van der Waals surface area contributed by atoms with E-state index >= 15 is 0 Å². The first kappa shape index (κ1) is 10.7. The Bertz CT molecular complexity index is 226. The van der Waals surface area contributed by atoms with E-state index in [0.717, 1.165) is 11.1 Å². The third-order valence-electron chi connectivity index (χ3n) is 1.59. The average molecular weight is 165 g/mol. The lowest BCUT2D eigenvalue weighted by atomic mass is 10.1. The van der Waals surface area contributed by atoms with Gasteiger partial charge >= 0.3 is 0 Å². The lowest BCUT2D eigenvalue weighted by molar-refractivity contribution is -0.118. The minimum Gasteiger partial charge on any atom is -0.352 e. The summed E-state index contributed by atoms with van der Waals surface area (Å²) in [6, 6.07) is 0. The summed E-state index contributed by atoms with van der Waals surface area (Å²) in [5, 5.41) is 2.70. The van der Waals surface area contributed by atoms with Gasteiger partial charge in [-0.1, -0.05) is 25.3 Å². The molecule has 0 heterocycles. The first-order valence-corrected chi connectivity index (χ1v) is 3.81. The van der Waals surface area contributed by atoms with E-state index in [2.05, 4.69) is 18.5 Å². The molecule has 0 aliphatic rings. The quantitative estimate of drug-likeness (QED) is 0.632. The van der Waals surface area contributed by atoms with Crippen molar-refractivity contribution in [2.45, 2.75) is 13.8 Å². The Morgan fingerprint density at radius 1 is 1.33 bits per heavy atom. The van der Waals surface area contributed by atoms with Crippen LogP contribution in [0.1, 0.15) is 13.8 Å². The van der Waals surface area contributed by atoms with Gasteiger partial charge in [0.1, 0.15) is 0 Å². The topological polar surface area (TPSA) is 29.1 Å². The van der Waals surface area contributed by atoms with Crippen LogP contribution in [0, 0.1) is 0 Å². The Morgan fingerprint density at radius 2 is 1.92 bits per heavy atom. The highest BCUT2D eigenvalue weighted by Gasteiger charge is 1.96. The largest absolute Gasteiger partial charge is 0.352 e. The highest BCUT2D eigenvalue weighted by Crippen LogP contribution is 2.04. The fraction of sp³-hybridized carbons (Fsp3) is 0.300. The third kappa shape index (κ3) is 3.76. The van der Waals surface area contributed by atoms with Gasteiger partial charge in [0.15, 0.2) is 0 Å². The van der Waals surface area contributed by atoms with E-state index in [1.807, 2.05) is 6.92 Å². The molecule has 1 N–H and O–H groups in total. The van der Waals surface area contributed by atoms with Crippen molar-refractivity contribution in [3.05, 3.63) is 36.5 Å². The molecule has 0 saturated carbocycles. The molecule has 0 aliphatic heterocycles. The van der Waals surface area contributed by atoms with Crippen molar-refractivity contribution in [1.29, 1.82) is 0 Å². The first-order valence-electron chi connectivity index (χ1n) is 3.81. The van der Waals surface area contributed by atoms with Crippen LogP contribution >= 0.6 is 0 Å². The van der Waals surface area contributed by atoms with Crippen molar-refractivity contribution < 1.29 is 4.79 Å². The molecule has 0 atom stereocenters. The standard InChI is InChI=1S/C10H15NO/c1-5-8(3)10(6-2)7-11-9(4)12/h5-6H,1-2,7H2,3-4H3,(H,11,12)/b10-8+. The molecule has 0 aromatic rings. The molecule has 12 heavy (non-hydrogen) atoms. The smallest absolute Gasteiger partial charge is 0.217 e. The molecule has 0 unspecified atom stereocenters. The van der Waals surface area contributed by atoms with Crippen molar-refractivity contribution in [2.24, 2.45) is 0 Å². The van der Waals surface area contributed by atoms with Crippen molar-refractivity contribution in [1.82, 2.24) is 5.32 Å². The lowest BCUT2D eigenvalue weighted by Gasteiger charge is -2.05. The predicted molar refractivity (Wildman–Crippen MR) is 51.8 cm³/mol. The summed E-state index contributed by atoms with van der Waals surface area (Å²) in [5.41, 5.74) is 2.04. The predicted octanol–water partition coefficient (Wildman–Crippen LogP) is 1.81. The summed E-state index contributed by atoms with van der Waals surface area (Å²) in [7, 11) is 0. The molecule has 2 heteroatoms. The number of hydrogen-bond acceptors (Lipinski definition) is 1. The normalized spacial score (nSPS) is 11.5. The van der Waals surface area contributed by atoms with E-state index in [-0.39, 0.29) is 5.91 Å². The van der Waals surface area contributed by atoms with Crippen molar-refractivity contribution in [3.63, 3.8) is 0 Å². The SMILES string of the molecule is C=C/C(C)=C(\C=C)CNC(C)=O. The van der Waals surface area contributed by atoms with Gasteiger partial charge in [0, 0.05) is 13.5 Å². The number of carbonyl (C=O) groups is 1. The monoisotopic (exact) mass is 165 g/mol. The van der Waals surface area contributed by atoms with Crippen molar-refractivity contribution >= 4 is 5.91 Å². The summed E-state index contributed by atoms with van der Waals surface area (Å²) in [6.45, 7) is 11.2. The van der Waals surface area contributed by atoms with Gasteiger partial charge in [-0.25, -0.2) is 0 Å². The molecule has 0 bridgehead atoms. The minimum atomic E-state index is -0.0359. The number of allylic oxidation sites excluding steroid dienone is 2. The van der Waals surface area contributed by atoms with Crippen LogP contribution in [0.5, 0.6) is 0 Å². The van der Waals surface area contributed by atoms with Crippen LogP contribution in [0.15, 0.2) is 36.5 Å². The molecule has 0 aliphatic carbocycles. The van der Waals surface area contributed by atoms with Gasteiger partial charge in [-0.15, -0.1) is 0 Å². The molecule has 0 radical (unpaired) electrons. The van der Waals surface area contributed by atoms with Gasteiger partial charge in [-0.3, -0.25) is 4.79 Å². The van der Waals surface area contributed by atoms with Gasteiger partial charge in [-0.2, -0.15) is 0 Å². The van der Waals surface area contributed by atoms with Gasteiger partial charge in [0.05, 0.1) is 0 Å². The van der Waals surface area contributed by atoms with Gasteiger partial charge in [-0.05, 0) is 18.1 Å². The van der Waals surface area contributed by atoms with E-state index in [0.29, 0.717) is 6.54 Å². The first-order chi connectivity index (χ1) is 5.61. The second-order valence-corrected chi connectivity index (χ2v) is 2.53. The Kier molecular flexibility index (Phi) is 4.77. The zero-order valence-electron chi connectivity index (χ0n) is 7.68. The summed E-state index contributed by atoms with van der Waals surface area (Å²) in [6.07, 6.45) is 3.48. The summed E-state index contributed by atoms with van der Waals surface area (Å²) in [5.74, 6) is -0.0359. The number of nitrogens with one attached hydrogen (secondary N) is 1. The zero-order valence-corrected chi connectivity index (χ0v) is 7.68. The lowest BCUT2D eigenvalue weighted by Crippen LogP contribution is -2.22. The molecular formula is C10H15NO. The van der Waals surface area contributed by atoms with E-state index in [1.54, 1.807) is 12.2 Å². The number of amides is 1. The average Bonchev–Trinajstić information content (AvgIpc) is 2.04. The zero-order chi connectivity index (χ0) is 9.56. The molecule has 0 aromatic heterocycles. The summed E-state index contributed by atoms with van der Waals surface area (Å²) >= 11 is 0. The highest BCUT2D eigenvalue weighted by atomic mass is 16.1. The van der Waals surface area contributed by atoms with Gasteiger partial charge in [0.2, 0.25) is 5.91 Å². The van der Waals surface area contributed by atoms with E-state index < -0.39 is 0 Å². The van der Waals surface area contributed by atoms with Crippen molar-refractivity contribution in [3.8, 4) is 0 Å². The fourth-order valence-electron chi connectivity index (χ4n) is 0.723. The van der Waals surface area contributed by atoms with E-state index in [9.17, 15) is 4.79 Å². The van der Waals surface area contributed by atoms with Crippen LogP contribution in [0.3, 0.4) is 0 Å². The molecule has 0 saturated heterocycles. The molecule has 1 amide bonds. The Morgan fingerprint density at radius 3 is 2.25 bits per heavy atom. The molecule has 0 rings (SSSR count). The van der Waals surface area contributed by atoms with E-state index in [1.165, 1.54) is 6.92 Å². The Hall–Kier alpha value is -1.31.